The van der Waals surface area contributed by atoms with Gasteiger partial charge in [-0.05, 0) is 12.5 Å². The van der Waals surface area contributed by atoms with E-state index < -0.39 is 17.9 Å². The molecule has 0 spiro atoms. The zero-order valence-corrected chi connectivity index (χ0v) is 8.52. The number of hydrogen-bond acceptors (Lipinski definition) is 3. The van der Waals surface area contributed by atoms with Gasteiger partial charge in [0.1, 0.15) is 0 Å². The molecule has 78 valence electrons. The van der Waals surface area contributed by atoms with Crippen LogP contribution in [0.4, 0.5) is 0 Å². The molecular weight excluding hydrogens is 194 g/mol. The van der Waals surface area contributed by atoms with E-state index in [1.807, 2.05) is 0 Å². The molecule has 1 heterocycles. The van der Waals surface area contributed by atoms with Gasteiger partial charge in [-0.25, -0.2) is 0 Å². The highest BCUT2D eigenvalue weighted by Crippen LogP contribution is 2.29. The molecule has 2 rings (SSSR count). The van der Waals surface area contributed by atoms with Gasteiger partial charge in [-0.15, -0.1) is 0 Å². The summed E-state index contributed by atoms with van der Waals surface area (Å²) in [6, 6.07) is 5.08. The summed E-state index contributed by atoms with van der Waals surface area (Å²) in [4.78, 5) is 24.1. The summed E-state index contributed by atoms with van der Waals surface area (Å²) in [5.41, 5.74) is 1.66. The summed E-state index contributed by atoms with van der Waals surface area (Å²) in [5, 5.41) is 9.85. The van der Waals surface area contributed by atoms with Gasteiger partial charge in [-0.2, -0.15) is 0 Å². The van der Waals surface area contributed by atoms with E-state index >= 15 is 0 Å². The van der Waals surface area contributed by atoms with Crippen LogP contribution in [0.2, 0.25) is 0 Å². The van der Waals surface area contributed by atoms with Gasteiger partial charge in [0.25, 0.3) is 11.7 Å². The summed E-state index contributed by atoms with van der Waals surface area (Å²) in [5.74, 6) is -1.22. The van der Waals surface area contributed by atoms with Crippen LogP contribution in [0, 0.1) is 6.92 Å². The van der Waals surface area contributed by atoms with Crippen LogP contribution in [0.5, 0.6) is 0 Å². The van der Waals surface area contributed by atoms with E-state index in [-0.39, 0.29) is 0 Å². The van der Waals surface area contributed by atoms with Crippen molar-refractivity contribution in [3.05, 3.63) is 34.9 Å². The summed E-state index contributed by atoms with van der Waals surface area (Å²) in [7, 11) is 1.42. The van der Waals surface area contributed by atoms with Crippen molar-refractivity contribution in [3.8, 4) is 0 Å². The standard InChI is InChI=1S/C11H11NO3/c1-6-4-3-5-7-8(6)10(14)12(2)11(15)9(7)13/h3-5,10,14H,1-2H3. The molecule has 4 nitrogen and oxygen atoms in total. The lowest BCUT2D eigenvalue weighted by Crippen LogP contribution is -2.42. The number of carbonyl (C=O) groups excluding carboxylic acids is 2. The molecule has 0 aliphatic carbocycles. The van der Waals surface area contributed by atoms with Crippen LogP contribution in [0.1, 0.15) is 27.7 Å². The number of Topliss-reactive ketones (excluding diaryl/α,β-unsaturated/α-hetero) is 1. The van der Waals surface area contributed by atoms with E-state index in [1.54, 1.807) is 25.1 Å². The maximum atomic E-state index is 11.6. The van der Waals surface area contributed by atoms with Crippen molar-refractivity contribution in [2.45, 2.75) is 13.2 Å². The van der Waals surface area contributed by atoms with Crippen molar-refractivity contribution in [1.29, 1.82) is 0 Å². The first kappa shape index (κ1) is 9.86. The van der Waals surface area contributed by atoms with E-state index in [0.29, 0.717) is 11.1 Å². The van der Waals surface area contributed by atoms with Gasteiger partial charge < -0.3 is 10.0 Å². The second-order valence-electron chi connectivity index (χ2n) is 3.65. The van der Waals surface area contributed by atoms with Crippen molar-refractivity contribution in [2.75, 3.05) is 7.05 Å². The smallest absolute Gasteiger partial charge is 0.297 e. The van der Waals surface area contributed by atoms with Crippen LogP contribution in [0.15, 0.2) is 18.2 Å². The Bertz CT molecular complexity index is 453. The molecule has 1 aliphatic rings. The van der Waals surface area contributed by atoms with Crippen LogP contribution in [-0.2, 0) is 4.79 Å². The minimum Gasteiger partial charge on any atom is -0.369 e. The number of aryl methyl sites for hydroxylation is 1. The van der Waals surface area contributed by atoms with E-state index in [1.165, 1.54) is 7.05 Å². The van der Waals surface area contributed by atoms with Crippen molar-refractivity contribution in [3.63, 3.8) is 0 Å². The number of amides is 1. The zero-order chi connectivity index (χ0) is 11.2. The third kappa shape index (κ3) is 1.26. The predicted octanol–water partition coefficient (Wildman–Crippen LogP) is 0.641. The molecule has 0 aromatic heterocycles. The number of aliphatic hydroxyl groups is 1. The Morgan fingerprint density at radius 1 is 1.33 bits per heavy atom. The SMILES string of the molecule is Cc1cccc2c1C(O)N(C)C(=O)C2=O. The molecule has 1 aliphatic heterocycles. The second kappa shape index (κ2) is 3.17. The van der Waals surface area contributed by atoms with Gasteiger partial charge in [0.15, 0.2) is 6.23 Å². The fourth-order valence-corrected chi connectivity index (χ4v) is 1.80. The van der Waals surface area contributed by atoms with E-state index in [0.717, 1.165) is 10.5 Å². The third-order valence-corrected chi connectivity index (χ3v) is 2.71. The normalized spacial score (nSPS) is 20.5. The Hall–Kier alpha value is -1.68. The summed E-state index contributed by atoms with van der Waals surface area (Å²) < 4.78 is 0. The van der Waals surface area contributed by atoms with Crippen LogP contribution < -0.4 is 0 Å². The largest absolute Gasteiger partial charge is 0.369 e. The summed E-state index contributed by atoms with van der Waals surface area (Å²) in [6.45, 7) is 1.80. The number of likely N-dealkylation sites (N-methyl/N-ethyl adjacent to an activating group) is 1. The number of ketones is 1. The van der Waals surface area contributed by atoms with Crippen molar-refractivity contribution >= 4 is 11.7 Å². The average molecular weight is 205 g/mol. The molecule has 1 amide bonds. The van der Waals surface area contributed by atoms with E-state index in [4.69, 9.17) is 0 Å². The number of benzene rings is 1. The minimum atomic E-state index is -1.02. The molecule has 4 heteroatoms. The number of aliphatic hydroxyl groups excluding tert-OH is 1. The highest BCUT2D eigenvalue weighted by molar-refractivity contribution is 6.43. The van der Waals surface area contributed by atoms with Crippen LogP contribution in [0.25, 0.3) is 0 Å². The molecule has 0 radical (unpaired) electrons. The number of fused-ring (bicyclic) bond motifs is 1. The van der Waals surface area contributed by atoms with E-state index in [9.17, 15) is 14.7 Å². The molecule has 1 aromatic carbocycles. The Kier molecular flexibility index (Phi) is 2.08. The number of hydrogen-bond donors (Lipinski definition) is 1. The maximum Gasteiger partial charge on any atom is 0.297 e. The number of rotatable bonds is 0. The minimum absolute atomic E-state index is 0.311. The Labute approximate surface area is 87.1 Å². The lowest BCUT2D eigenvalue weighted by molar-refractivity contribution is -0.135. The first-order chi connectivity index (χ1) is 7.04. The Balaban J connectivity index is 2.69. The van der Waals surface area contributed by atoms with Gasteiger partial charge in [0, 0.05) is 18.2 Å². The van der Waals surface area contributed by atoms with Gasteiger partial charge in [-0.1, -0.05) is 18.2 Å². The molecule has 0 saturated carbocycles. The van der Waals surface area contributed by atoms with Crippen molar-refractivity contribution in [1.82, 2.24) is 4.90 Å². The quantitative estimate of drug-likeness (QED) is 0.632. The first-order valence-corrected chi connectivity index (χ1v) is 4.63. The lowest BCUT2D eigenvalue weighted by atomic mass is 9.93. The van der Waals surface area contributed by atoms with Gasteiger partial charge in [0.05, 0.1) is 0 Å². The fourth-order valence-electron chi connectivity index (χ4n) is 1.80. The summed E-state index contributed by atoms with van der Waals surface area (Å²) in [6.07, 6.45) is -1.02. The maximum absolute atomic E-state index is 11.6. The van der Waals surface area contributed by atoms with E-state index in [2.05, 4.69) is 0 Å². The highest BCUT2D eigenvalue weighted by atomic mass is 16.3. The fraction of sp³-hybridized carbons (Fsp3) is 0.273. The average Bonchev–Trinajstić information content (AvgIpc) is 2.23. The molecule has 1 N–H and O–H groups in total. The molecule has 0 fully saturated rings. The van der Waals surface area contributed by atoms with Gasteiger partial charge in [-0.3, -0.25) is 9.59 Å². The Morgan fingerprint density at radius 2 is 2.00 bits per heavy atom. The molecule has 0 bridgehead atoms. The van der Waals surface area contributed by atoms with Crippen LogP contribution >= 0.6 is 0 Å². The number of nitrogens with zero attached hydrogens (tertiary/aromatic N) is 1. The van der Waals surface area contributed by atoms with Crippen molar-refractivity contribution < 1.29 is 14.7 Å². The summed E-state index contributed by atoms with van der Waals surface area (Å²) >= 11 is 0. The topological polar surface area (TPSA) is 57.6 Å². The lowest BCUT2D eigenvalue weighted by Gasteiger charge is -2.30. The van der Waals surface area contributed by atoms with Crippen molar-refractivity contribution in [2.24, 2.45) is 0 Å². The van der Waals surface area contributed by atoms with Crippen LogP contribution in [0.3, 0.4) is 0 Å². The molecule has 15 heavy (non-hydrogen) atoms. The molecule has 1 atom stereocenters. The van der Waals surface area contributed by atoms with Gasteiger partial charge >= 0.3 is 0 Å². The third-order valence-electron chi connectivity index (χ3n) is 2.71. The second-order valence-corrected chi connectivity index (χ2v) is 3.65. The monoisotopic (exact) mass is 205 g/mol. The molecule has 0 saturated heterocycles. The van der Waals surface area contributed by atoms with Gasteiger partial charge in [0.2, 0.25) is 0 Å². The Morgan fingerprint density at radius 3 is 2.67 bits per heavy atom. The highest BCUT2D eigenvalue weighted by Gasteiger charge is 2.35. The predicted molar refractivity (Wildman–Crippen MR) is 53.2 cm³/mol. The zero-order valence-electron chi connectivity index (χ0n) is 8.52. The number of carbonyl (C=O) groups is 2. The molecule has 1 unspecified atom stereocenters. The van der Waals surface area contributed by atoms with Crippen LogP contribution in [-0.4, -0.2) is 28.7 Å². The first-order valence-electron chi connectivity index (χ1n) is 4.63. The molecule has 1 aromatic rings. The molecular formula is C11H11NO3.